The lowest BCUT2D eigenvalue weighted by Crippen LogP contribution is -2.49. The average molecular weight is 491 g/mol. The van der Waals surface area contributed by atoms with E-state index >= 15 is 0 Å². The van der Waals surface area contributed by atoms with E-state index in [1.165, 1.54) is 6.07 Å². The van der Waals surface area contributed by atoms with Crippen LogP contribution in [0, 0.1) is 23.2 Å². The molecule has 2 saturated carbocycles. The maximum atomic E-state index is 14.3. The molecule has 2 aliphatic carbocycles. The van der Waals surface area contributed by atoms with Gasteiger partial charge in [0.25, 0.3) is 0 Å². The second-order valence-corrected chi connectivity index (χ2v) is 11.4. The molecule has 0 heterocycles. The molecule has 0 aliphatic heterocycles. The van der Waals surface area contributed by atoms with Crippen molar-refractivity contribution in [3.8, 4) is 5.75 Å². The minimum Gasteiger partial charge on any atom is -0.490 e. The van der Waals surface area contributed by atoms with Gasteiger partial charge in [-0.1, -0.05) is 58.4 Å². The smallest absolute Gasteiger partial charge is 0.420 e. The Hall–Kier alpha value is -2.24. The van der Waals surface area contributed by atoms with Gasteiger partial charge < -0.3 is 9.84 Å². The number of hydrogen-bond acceptors (Lipinski definition) is 2. The van der Waals surface area contributed by atoms with Gasteiger partial charge in [-0.05, 0) is 84.1 Å². The van der Waals surface area contributed by atoms with E-state index in [0.29, 0.717) is 17.7 Å². The summed E-state index contributed by atoms with van der Waals surface area (Å²) in [6.07, 6.45) is 1.34. The molecule has 0 aromatic heterocycles. The maximum absolute atomic E-state index is 14.3. The van der Waals surface area contributed by atoms with Crippen LogP contribution in [0.3, 0.4) is 0 Å². The number of halogens is 3. The molecule has 2 aliphatic rings. The van der Waals surface area contributed by atoms with Crippen molar-refractivity contribution in [2.45, 2.75) is 90.8 Å². The van der Waals surface area contributed by atoms with E-state index in [4.69, 9.17) is 4.74 Å². The summed E-state index contributed by atoms with van der Waals surface area (Å²) in [6.45, 7) is 8.13. The van der Waals surface area contributed by atoms with Crippen LogP contribution >= 0.6 is 0 Å². The van der Waals surface area contributed by atoms with Crippen LogP contribution in [0.4, 0.5) is 13.2 Å². The molecule has 0 spiro atoms. The SMILES string of the molecule is CCC1CCC(Oc2ccc3ccc(C(C)C[C@H]4C[C@@H](C(=O)O)C4(C)C)cc3c2C(F)(F)F)CC1. The first-order valence-corrected chi connectivity index (χ1v) is 12.9. The zero-order valence-electron chi connectivity index (χ0n) is 21.1. The van der Waals surface area contributed by atoms with Crippen molar-refractivity contribution in [2.75, 3.05) is 0 Å². The van der Waals surface area contributed by atoms with Crippen LogP contribution in [0.1, 0.15) is 89.7 Å². The highest BCUT2D eigenvalue weighted by atomic mass is 19.4. The number of hydrogen-bond donors (Lipinski definition) is 1. The molecule has 0 radical (unpaired) electrons. The third-order valence-electron chi connectivity index (χ3n) is 8.93. The minimum absolute atomic E-state index is 0.0217. The largest absolute Gasteiger partial charge is 0.490 e. The quantitative estimate of drug-likeness (QED) is 0.423. The van der Waals surface area contributed by atoms with Crippen molar-refractivity contribution < 1.29 is 27.8 Å². The lowest BCUT2D eigenvalue weighted by atomic mass is 9.53. The number of carboxylic acids is 1. The lowest BCUT2D eigenvalue weighted by molar-refractivity contribution is -0.159. The summed E-state index contributed by atoms with van der Waals surface area (Å²) in [5.74, 6) is -0.309. The number of carbonyl (C=O) groups is 1. The highest BCUT2D eigenvalue weighted by molar-refractivity contribution is 5.89. The second kappa shape index (κ2) is 9.67. The van der Waals surface area contributed by atoms with Crippen molar-refractivity contribution in [1.82, 2.24) is 0 Å². The van der Waals surface area contributed by atoms with Gasteiger partial charge in [0, 0.05) is 0 Å². The van der Waals surface area contributed by atoms with Crippen LogP contribution < -0.4 is 4.74 Å². The Balaban J connectivity index is 1.60. The van der Waals surface area contributed by atoms with Crippen LogP contribution in [-0.4, -0.2) is 17.2 Å². The minimum atomic E-state index is -4.53. The Morgan fingerprint density at radius 3 is 2.37 bits per heavy atom. The van der Waals surface area contributed by atoms with Gasteiger partial charge in [-0.25, -0.2) is 0 Å². The highest BCUT2D eigenvalue weighted by Crippen LogP contribution is 2.55. The summed E-state index contributed by atoms with van der Waals surface area (Å²) in [5, 5.41) is 10.1. The van der Waals surface area contributed by atoms with E-state index in [1.807, 2.05) is 26.8 Å². The number of fused-ring (bicyclic) bond motifs is 1. The molecule has 0 bridgehead atoms. The second-order valence-electron chi connectivity index (χ2n) is 11.4. The van der Waals surface area contributed by atoms with Crippen LogP contribution in [0.5, 0.6) is 5.75 Å². The van der Waals surface area contributed by atoms with Gasteiger partial charge in [0.1, 0.15) is 11.3 Å². The summed E-state index contributed by atoms with van der Waals surface area (Å²) in [7, 11) is 0. The van der Waals surface area contributed by atoms with Gasteiger partial charge >= 0.3 is 12.1 Å². The predicted octanol–water partition coefficient (Wildman–Crippen LogP) is 8.45. The number of benzene rings is 2. The zero-order chi connectivity index (χ0) is 25.5. The van der Waals surface area contributed by atoms with Crippen molar-refractivity contribution >= 4 is 16.7 Å². The fraction of sp³-hybridized carbons (Fsp3) is 0.621. The van der Waals surface area contributed by atoms with Crippen LogP contribution in [0.15, 0.2) is 30.3 Å². The molecule has 1 N–H and O–H groups in total. The van der Waals surface area contributed by atoms with Gasteiger partial charge in [0.05, 0.1) is 12.0 Å². The van der Waals surface area contributed by atoms with E-state index in [0.717, 1.165) is 44.1 Å². The van der Waals surface area contributed by atoms with Gasteiger partial charge in [-0.15, -0.1) is 0 Å². The van der Waals surface area contributed by atoms with Crippen molar-refractivity contribution in [3.63, 3.8) is 0 Å². The van der Waals surface area contributed by atoms with Crippen molar-refractivity contribution in [1.29, 1.82) is 0 Å². The summed E-state index contributed by atoms with van der Waals surface area (Å²) in [6, 6.07) is 8.53. The molecule has 3 atom stereocenters. The third-order valence-corrected chi connectivity index (χ3v) is 8.93. The van der Waals surface area contributed by atoms with Crippen LogP contribution in [0.2, 0.25) is 0 Å². The van der Waals surface area contributed by atoms with E-state index in [1.54, 1.807) is 18.2 Å². The Morgan fingerprint density at radius 1 is 1.14 bits per heavy atom. The highest BCUT2D eigenvalue weighted by Gasteiger charge is 2.51. The standard InChI is InChI=1S/C29H37F3O3/c1-5-18-6-11-22(12-7-18)35-25-13-10-19-8-9-20(15-23(19)26(25)29(30,31)32)17(2)14-21-16-24(27(33)34)28(21,3)4/h8-10,13,15,17-18,21-22,24H,5-7,11-12,14,16H2,1-4H3,(H,33,34)/t17?,18?,21-,22?,24-/m0/s1. The van der Waals surface area contributed by atoms with Crippen LogP contribution in [-0.2, 0) is 11.0 Å². The Bertz CT molecular complexity index is 1070. The molecule has 192 valence electrons. The molecule has 2 fully saturated rings. The summed E-state index contributed by atoms with van der Waals surface area (Å²) >= 11 is 0. The summed E-state index contributed by atoms with van der Waals surface area (Å²) < 4.78 is 49.0. The first-order valence-electron chi connectivity index (χ1n) is 12.9. The summed E-state index contributed by atoms with van der Waals surface area (Å²) in [5.41, 5.74) is -0.152. The normalized spacial score (nSPS) is 27.3. The molecule has 4 rings (SSSR count). The maximum Gasteiger partial charge on any atom is 0.420 e. The fourth-order valence-corrected chi connectivity index (χ4v) is 6.25. The molecule has 0 saturated heterocycles. The molecule has 35 heavy (non-hydrogen) atoms. The fourth-order valence-electron chi connectivity index (χ4n) is 6.25. The molecule has 0 amide bonds. The van der Waals surface area contributed by atoms with Gasteiger partial charge in [-0.2, -0.15) is 13.2 Å². The first kappa shape index (κ1) is 25.8. The zero-order valence-corrected chi connectivity index (χ0v) is 21.1. The van der Waals surface area contributed by atoms with Gasteiger partial charge in [0.2, 0.25) is 0 Å². The van der Waals surface area contributed by atoms with Gasteiger partial charge in [0.15, 0.2) is 0 Å². The Kier molecular flexibility index (Phi) is 7.14. The molecule has 6 heteroatoms. The van der Waals surface area contributed by atoms with E-state index in [2.05, 4.69) is 6.92 Å². The number of alkyl halides is 3. The Labute approximate surface area is 206 Å². The number of carboxylic acid groups (broad SMARTS) is 1. The number of ether oxygens (including phenoxy) is 1. The number of rotatable bonds is 7. The van der Waals surface area contributed by atoms with Crippen molar-refractivity contribution in [3.05, 3.63) is 41.5 Å². The molecule has 3 nitrogen and oxygen atoms in total. The summed E-state index contributed by atoms with van der Waals surface area (Å²) in [4.78, 5) is 11.5. The lowest BCUT2D eigenvalue weighted by Gasteiger charge is -2.51. The van der Waals surface area contributed by atoms with Gasteiger partial charge in [-0.3, -0.25) is 4.79 Å². The van der Waals surface area contributed by atoms with Crippen molar-refractivity contribution in [2.24, 2.45) is 23.2 Å². The monoisotopic (exact) mass is 490 g/mol. The third kappa shape index (κ3) is 5.17. The van der Waals surface area contributed by atoms with E-state index in [-0.39, 0.29) is 40.4 Å². The molecule has 2 aromatic carbocycles. The predicted molar refractivity (Wildman–Crippen MR) is 132 cm³/mol. The first-order chi connectivity index (χ1) is 16.4. The van der Waals surface area contributed by atoms with E-state index in [9.17, 15) is 23.1 Å². The molecule has 2 aromatic rings. The van der Waals surface area contributed by atoms with Crippen LogP contribution in [0.25, 0.3) is 10.8 Å². The molecule has 1 unspecified atom stereocenters. The van der Waals surface area contributed by atoms with E-state index < -0.39 is 17.7 Å². The topological polar surface area (TPSA) is 46.5 Å². The average Bonchev–Trinajstić information content (AvgIpc) is 2.80. The Morgan fingerprint density at radius 2 is 1.80 bits per heavy atom. The molecular formula is C29H37F3O3. The molecular weight excluding hydrogens is 453 g/mol. The number of aliphatic carboxylic acids is 1.